The number of anilines is 2. The van der Waals surface area contributed by atoms with Crippen molar-refractivity contribution in [3.63, 3.8) is 0 Å². The van der Waals surface area contributed by atoms with Crippen molar-refractivity contribution in [3.05, 3.63) is 95.6 Å². The van der Waals surface area contributed by atoms with Gasteiger partial charge in [0.1, 0.15) is 40.4 Å². The first kappa shape index (κ1) is 33.0. The molecule has 2 N–H and O–H groups in total. The average molecular weight is 688 g/mol. The Morgan fingerprint density at radius 3 is 2.50 bits per heavy atom. The fourth-order valence-corrected chi connectivity index (χ4v) is 6.06. The van der Waals surface area contributed by atoms with E-state index < -0.39 is 23.4 Å². The smallest absolute Gasteiger partial charge is 0.416 e. The number of methoxy groups -OCH3 is 2. The highest BCUT2D eigenvalue weighted by Crippen LogP contribution is 2.40. The first-order chi connectivity index (χ1) is 24.2. The summed E-state index contributed by atoms with van der Waals surface area (Å²) in [4.78, 5) is 26.1. The van der Waals surface area contributed by atoms with E-state index in [1.165, 1.54) is 6.33 Å². The molecule has 3 aromatic heterocycles. The first-order valence-electron chi connectivity index (χ1n) is 15.8. The van der Waals surface area contributed by atoms with E-state index in [2.05, 4.69) is 31.7 Å². The highest BCUT2D eigenvalue weighted by molar-refractivity contribution is 6.04. The summed E-state index contributed by atoms with van der Waals surface area (Å²) in [6, 6.07) is 13.7. The number of halogens is 3. The highest BCUT2D eigenvalue weighted by Gasteiger charge is 2.38. The molecule has 1 amide bonds. The normalized spacial score (nSPS) is 15.6. The number of allylic oxidation sites excluding steroid dienone is 1. The lowest BCUT2D eigenvalue weighted by Gasteiger charge is -2.30. The monoisotopic (exact) mass is 687 g/mol. The van der Waals surface area contributed by atoms with Gasteiger partial charge in [-0.1, -0.05) is 6.08 Å². The zero-order chi connectivity index (χ0) is 34.9. The van der Waals surface area contributed by atoms with Crippen molar-refractivity contribution in [2.75, 3.05) is 38.1 Å². The maximum atomic E-state index is 13.2. The Labute approximate surface area is 284 Å². The molecule has 1 aliphatic carbocycles. The Bertz CT molecular complexity index is 2080. The van der Waals surface area contributed by atoms with Crippen LogP contribution in [0.3, 0.4) is 0 Å². The third-order valence-electron chi connectivity index (χ3n) is 8.65. The van der Waals surface area contributed by atoms with E-state index in [-0.39, 0.29) is 11.4 Å². The van der Waals surface area contributed by atoms with Crippen molar-refractivity contribution in [2.24, 2.45) is 0 Å². The number of ether oxygens (including phenoxy) is 4. The topological polar surface area (TPSA) is 135 Å². The highest BCUT2D eigenvalue weighted by atomic mass is 19.4. The molecule has 1 fully saturated rings. The Hall–Kier alpha value is -5.54. The number of rotatable bonds is 9. The van der Waals surface area contributed by atoms with E-state index in [4.69, 9.17) is 24.0 Å². The number of carbonyl (C=O) groups is 1. The van der Waals surface area contributed by atoms with Crippen LogP contribution in [0.1, 0.15) is 46.4 Å². The lowest BCUT2D eigenvalue weighted by Crippen LogP contribution is -2.31. The molecule has 0 saturated carbocycles. The Balaban J connectivity index is 1.22. The van der Waals surface area contributed by atoms with Gasteiger partial charge < -0.3 is 29.6 Å². The van der Waals surface area contributed by atoms with Gasteiger partial charge >= 0.3 is 6.18 Å². The number of aromatic nitrogens is 5. The van der Waals surface area contributed by atoms with Gasteiger partial charge in [0.15, 0.2) is 11.6 Å². The minimum Gasteiger partial charge on any atom is -0.497 e. The minimum atomic E-state index is -4.57. The van der Waals surface area contributed by atoms with Gasteiger partial charge in [-0.2, -0.15) is 18.3 Å². The van der Waals surface area contributed by atoms with Gasteiger partial charge in [-0.15, -0.1) is 0 Å². The third kappa shape index (κ3) is 6.56. The van der Waals surface area contributed by atoms with Gasteiger partial charge in [0.2, 0.25) is 0 Å². The number of pyridine rings is 1. The Kier molecular flexibility index (Phi) is 8.84. The number of nitrogens with zero attached hydrogens (tertiary/aromatic N) is 5. The molecule has 1 saturated heterocycles. The number of alkyl halides is 3. The van der Waals surface area contributed by atoms with Gasteiger partial charge in [-0.3, -0.25) is 4.79 Å². The molecule has 0 atom stereocenters. The summed E-state index contributed by atoms with van der Waals surface area (Å²) in [5.74, 6) is 0.376. The SMILES string of the molecule is COc1ccc(CNc2ncnc3c(C4=CCC5(CC4)OCCO5)nn(-c4ccc(C(=O)Nc5cc(C(F)(F)F)ccn5)cc4)c23)c(OC)c1. The molecule has 2 aromatic carbocycles. The summed E-state index contributed by atoms with van der Waals surface area (Å²) in [7, 11) is 3.18. The van der Waals surface area contributed by atoms with Crippen molar-refractivity contribution in [2.45, 2.75) is 37.8 Å². The number of amides is 1. The molecule has 1 spiro atoms. The van der Waals surface area contributed by atoms with Crippen LogP contribution in [-0.2, 0) is 22.2 Å². The molecule has 1 aliphatic heterocycles. The molecule has 4 heterocycles. The maximum absolute atomic E-state index is 13.2. The second-order valence-electron chi connectivity index (χ2n) is 11.7. The van der Waals surface area contributed by atoms with Crippen LogP contribution in [0, 0.1) is 0 Å². The summed E-state index contributed by atoms with van der Waals surface area (Å²) < 4.78 is 64.0. The summed E-state index contributed by atoms with van der Waals surface area (Å²) in [5.41, 5.74) is 3.67. The molecule has 0 radical (unpaired) electrons. The molecule has 258 valence electrons. The van der Waals surface area contributed by atoms with Crippen molar-refractivity contribution >= 4 is 34.1 Å². The molecule has 12 nitrogen and oxygen atoms in total. The van der Waals surface area contributed by atoms with E-state index in [0.29, 0.717) is 78.8 Å². The van der Waals surface area contributed by atoms with Crippen LogP contribution in [-0.4, -0.2) is 63.9 Å². The van der Waals surface area contributed by atoms with Gasteiger partial charge in [-0.25, -0.2) is 19.6 Å². The summed E-state index contributed by atoms with van der Waals surface area (Å²) in [5, 5.41) is 10.9. The fraction of sp³-hybridized carbons (Fsp3) is 0.286. The molecular weight excluding hydrogens is 655 g/mol. The van der Waals surface area contributed by atoms with Crippen molar-refractivity contribution in [1.82, 2.24) is 24.7 Å². The zero-order valence-corrected chi connectivity index (χ0v) is 27.1. The Morgan fingerprint density at radius 1 is 1.00 bits per heavy atom. The van der Waals surface area contributed by atoms with Crippen LogP contribution in [0.5, 0.6) is 11.5 Å². The fourth-order valence-electron chi connectivity index (χ4n) is 6.06. The number of carbonyl (C=O) groups excluding carboxylic acids is 1. The van der Waals surface area contributed by atoms with Crippen molar-refractivity contribution in [1.29, 1.82) is 0 Å². The van der Waals surface area contributed by atoms with Crippen LogP contribution in [0.2, 0.25) is 0 Å². The van der Waals surface area contributed by atoms with Crippen LogP contribution in [0.15, 0.2) is 73.2 Å². The van der Waals surface area contributed by atoms with Crippen LogP contribution < -0.4 is 20.1 Å². The standard InChI is InChI=1S/C35H32F3N7O5/c1-47-26-8-5-23(27(18-26)48-2)19-40-32-31-30(41-20-42-32)29(21-9-12-34(13-10-21)49-15-16-50-34)44-45(31)25-6-3-22(4-7-25)33(46)43-28-17-24(11-14-39-28)35(36,37)38/h3-9,11,14,17-18,20H,10,12-13,15-16,19H2,1-2H3,(H,39,43,46)(H,40,41,42). The van der Waals surface area contributed by atoms with Crippen molar-refractivity contribution < 1.29 is 36.9 Å². The molecule has 7 rings (SSSR count). The van der Waals surface area contributed by atoms with Crippen molar-refractivity contribution in [3.8, 4) is 17.2 Å². The predicted octanol–water partition coefficient (Wildman–Crippen LogP) is 6.42. The predicted molar refractivity (Wildman–Crippen MR) is 177 cm³/mol. The first-order valence-corrected chi connectivity index (χ1v) is 15.8. The molecule has 0 unspecified atom stereocenters. The molecule has 15 heteroatoms. The van der Waals surface area contributed by atoms with E-state index in [0.717, 1.165) is 29.5 Å². The van der Waals surface area contributed by atoms with E-state index >= 15 is 0 Å². The van der Waals surface area contributed by atoms with Crippen LogP contribution in [0.25, 0.3) is 22.3 Å². The van der Waals surface area contributed by atoms with E-state index in [1.807, 2.05) is 12.1 Å². The van der Waals surface area contributed by atoms with Gasteiger partial charge in [-0.05, 0) is 60.5 Å². The molecule has 5 aromatic rings. The van der Waals surface area contributed by atoms with Crippen LogP contribution >= 0.6 is 0 Å². The third-order valence-corrected chi connectivity index (χ3v) is 8.65. The number of benzene rings is 2. The summed E-state index contributed by atoms with van der Waals surface area (Å²) in [6.07, 6.45) is 1.89. The number of hydrogen-bond acceptors (Lipinski definition) is 10. The lowest BCUT2D eigenvalue weighted by atomic mass is 9.92. The maximum Gasteiger partial charge on any atom is 0.416 e. The second-order valence-corrected chi connectivity index (χ2v) is 11.7. The zero-order valence-electron chi connectivity index (χ0n) is 27.1. The largest absolute Gasteiger partial charge is 0.497 e. The molecular formula is C35H32F3N7O5. The average Bonchev–Trinajstić information content (AvgIpc) is 3.76. The number of hydrogen-bond donors (Lipinski definition) is 2. The summed E-state index contributed by atoms with van der Waals surface area (Å²) in [6.45, 7) is 1.49. The summed E-state index contributed by atoms with van der Waals surface area (Å²) >= 11 is 0. The second kappa shape index (κ2) is 13.4. The van der Waals surface area contributed by atoms with E-state index in [1.54, 1.807) is 49.2 Å². The lowest BCUT2D eigenvalue weighted by molar-refractivity contribution is -0.159. The van der Waals surface area contributed by atoms with E-state index in [9.17, 15) is 18.0 Å². The number of fused-ring (bicyclic) bond motifs is 1. The number of nitrogens with one attached hydrogen (secondary N) is 2. The minimum absolute atomic E-state index is 0.211. The quantitative estimate of drug-likeness (QED) is 0.179. The van der Waals surface area contributed by atoms with Gasteiger partial charge in [0.05, 0.1) is 38.7 Å². The molecule has 0 bridgehead atoms. The Morgan fingerprint density at radius 2 is 1.80 bits per heavy atom. The van der Waals surface area contributed by atoms with Gasteiger partial charge in [0, 0.05) is 42.8 Å². The molecule has 2 aliphatic rings. The van der Waals surface area contributed by atoms with Gasteiger partial charge in [0.25, 0.3) is 5.91 Å². The van der Waals surface area contributed by atoms with Crippen LogP contribution in [0.4, 0.5) is 24.8 Å². The molecule has 50 heavy (non-hydrogen) atoms.